The van der Waals surface area contributed by atoms with Gasteiger partial charge in [-0.1, -0.05) is 18.6 Å². The molecule has 1 aliphatic heterocycles. The Hall–Kier alpha value is -0.570. The summed E-state index contributed by atoms with van der Waals surface area (Å²) >= 11 is 4.93. The monoisotopic (exact) mass is 198 g/mol. The first kappa shape index (κ1) is 9.00. The summed E-state index contributed by atoms with van der Waals surface area (Å²) in [5, 5.41) is 0.308. The summed E-state index contributed by atoms with van der Waals surface area (Å²) in [5.74, 6) is 0.388. The van der Waals surface area contributed by atoms with Crippen molar-refractivity contribution >= 4 is 17.5 Å². The van der Waals surface area contributed by atoms with Crippen LogP contribution in [0.4, 0.5) is 0 Å². The zero-order valence-electron chi connectivity index (χ0n) is 8.16. The summed E-state index contributed by atoms with van der Waals surface area (Å²) in [4.78, 5) is 0. The molecule has 2 nitrogen and oxygen atoms in total. The lowest BCUT2D eigenvalue weighted by atomic mass is 9.79. The SMILES string of the molecule is CC1=C[C@@H](C)[C@@H]2OC(=S)O[C@]2(C)C1. The largest absolute Gasteiger partial charge is 0.449 e. The van der Waals surface area contributed by atoms with E-state index in [1.165, 1.54) is 5.57 Å². The number of thiocarbonyl (C=S) groups is 1. The molecule has 13 heavy (non-hydrogen) atoms. The van der Waals surface area contributed by atoms with Gasteiger partial charge in [-0.15, -0.1) is 0 Å². The molecular formula is C10H14O2S. The molecule has 0 spiro atoms. The molecule has 0 aromatic rings. The van der Waals surface area contributed by atoms with Crippen LogP contribution in [-0.4, -0.2) is 16.9 Å². The summed E-state index contributed by atoms with van der Waals surface area (Å²) in [6.45, 7) is 6.34. The molecule has 0 radical (unpaired) electrons. The van der Waals surface area contributed by atoms with Crippen LogP contribution in [0.3, 0.4) is 0 Å². The molecule has 3 heteroatoms. The Morgan fingerprint density at radius 3 is 3.00 bits per heavy atom. The molecule has 0 N–H and O–H groups in total. The van der Waals surface area contributed by atoms with Crippen LogP contribution in [0.2, 0.25) is 0 Å². The van der Waals surface area contributed by atoms with Gasteiger partial charge in [0.25, 0.3) is 0 Å². The van der Waals surface area contributed by atoms with E-state index in [9.17, 15) is 0 Å². The van der Waals surface area contributed by atoms with E-state index in [-0.39, 0.29) is 11.7 Å². The first-order chi connectivity index (χ1) is 6.01. The molecule has 0 aromatic heterocycles. The fourth-order valence-corrected chi connectivity index (χ4v) is 2.74. The fourth-order valence-electron chi connectivity index (χ4n) is 2.45. The van der Waals surface area contributed by atoms with Gasteiger partial charge in [-0.3, -0.25) is 0 Å². The van der Waals surface area contributed by atoms with E-state index in [0.29, 0.717) is 11.2 Å². The molecule has 1 heterocycles. The van der Waals surface area contributed by atoms with Gasteiger partial charge in [-0.2, -0.15) is 0 Å². The third-order valence-electron chi connectivity index (χ3n) is 2.80. The molecule has 0 unspecified atom stereocenters. The summed E-state index contributed by atoms with van der Waals surface area (Å²) in [6, 6.07) is 0. The highest BCUT2D eigenvalue weighted by molar-refractivity contribution is 7.79. The summed E-state index contributed by atoms with van der Waals surface area (Å²) in [5.41, 5.74) is 1.13. The van der Waals surface area contributed by atoms with Crippen LogP contribution in [0.25, 0.3) is 0 Å². The maximum absolute atomic E-state index is 5.56. The molecular weight excluding hydrogens is 184 g/mol. The number of hydrogen-bond donors (Lipinski definition) is 0. The van der Waals surface area contributed by atoms with E-state index in [0.717, 1.165) is 6.42 Å². The molecule has 0 amide bonds. The van der Waals surface area contributed by atoms with Crippen molar-refractivity contribution < 1.29 is 9.47 Å². The van der Waals surface area contributed by atoms with E-state index in [1.54, 1.807) is 0 Å². The molecule has 1 saturated heterocycles. The van der Waals surface area contributed by atoms with E-state index < -0.39 is 0 Å². The maximum atomic E-state index is 5.56. The molecule has 0 bridgehead atoms. The Morgan fingerprint density at radius 2 is 2.31 bits per heavy atom. The molecule has 72 valence electrons. The summed E-state index contributed by atoms with van der Waals surface area (Å²) in [6.07, 6.45) is 3.26. The predicted octanol–water partition coefficient (Wildman–Crippen LogP) is 2.43. The lowest BCUT2D eigenvalue weighted by Gasteiger charge is -2.34. The van der Waals surface area contributed by atoms with Gasteiger partial charge in [-0.05, 0) is 13.8 Å². The van der Waals surface area contributed by atoms with E-state index >= 15 is 0 Å². The highest BCUT2D eigenvalue weighted by atomic mass is 32.1. The Balaban J connectivity index is 2.32. The normalized spacial score (nSPS) is 43.3. The molecule has 2 rings (SSSR count). The van der Waals surface area contributed by atoms with E-state index in [2.05, 4.69) is 26.8 Å². The Morgan fingerprint density at radius 1 is 1.62 bits per heavy atom. The van der Waals surface area contributed by atoms with Crippen LogP contribution in [0.5, 0.6) is 0 Å². The van der Waals surface area contributed by atoms with Gasteiger partial charge in [-0.25, -0.2) is 0 Å². The van der Waals surface area contributed by atoms with Crippen molar-refractivity contribution in [2.75, 3.05) is 0 Å². The topological polar surface area (TPSA) is 18.5 Å². The first-order valence-electron chi connectivity index (χ1n) is 4.58. The number of hydrogen-bond acceptors (Lipinski definition) is 3. The summed E-state index contributed by atoms with van der Waals surface area (Å²) < 4.78 is 11.1. The Labute approximate surface area is 83.9 Å². The first-order valence-corrected chi connectivity index (χ1v) is 4.99. The van der Waals surface area contributed by atoms with Crippen LogP contribution in [0.15, 0.2) is 11.6 Å². The fraction of sp³-hybridized carbons (Fsp3) is 0.700. The maximum Gasteiger partial charge on any atom is 0.353 e. The average molecular weight is 198 g/mol. The third kappa shape index (κ3) is 1.35. The van der Waals surface area contributed by atoms with Crippen molar-refractivity contribution in [2.24, 2.45) is 5.92 Å². The predicted molar refractivity (Wildman–Crippen MR) is 54.5 cm³/mol. The van der Waals surface area contributed by atoms with Crippen LogP contribution in [0.1, 0.15) is 27.2 Å². The number of rotatable bonds is 0. The van der Waals surface area contributed by atoms with E-state index in [4.69, 9.17) is 21.7 Å². The highest BCUT2D eigenvalue weighted by Gasteiger charge is 2.50. The van der Waals surface area contributed by atoms with Gasteiger partial charge < -0.3 is 9.47 Å². The van der Waals surface area contributed by atoms with Crippen molar-refractivity contribution in [1.29, 1.82) is 0 Å². The van der Waals surface area contributed by atoms with Crippen molar-refractivity contribution in [2.45, 2.75) is 38.9 Å². The Kier molecular flexibility index (Phi) is 1.88. The van der Waals surface area contributed by atoms with Crippen molar-refractivity contribution in [3.05, 3.63) is 11.6 Å². The Bertz CT molecular complexity index is 285. The van der Waals surface area contributed by atoms with Crippen LogP contribution in [0, 0.1) is 5.92 Å². The lowest BCUT2D eigenvalue weighted by molar-refractivity contribution is 0.0262. The van der Waals surface area contributed by atoms with Crippen LogP contribution in [-0.2, 0) is 9.47 Å². The zero-order valence-corrected chi connectivity index (χ0v) is 8.98. The van der Waals surface area contributed by atoms with Gasteiger partial charge >= 0.3 is 5.24 Å². The average Bonchev–Trinajstić information content (AvgIpc) is 2.23. The standard InChI is InChI=1S/C10H14O2S/c1-6-4-7(2)8-10(3,5-6)12-9(13)11-8/h4,7-8H,5H2,1-3H3/t7-,8+,10-/m1/s1. The molecule has 1 fully saturated rings. The molecule has 0 aromatic carbocycles. The third-order valence-corrected chi connectivity index (χ3v) is 2.98. The van der Waals surface area contributed by atoms with Crippen molar-refractivity contribution in [1.82, 2.24) is 0 Å². The second-order valence-corrected chi connectivity index (χ2v) is 4.59. The van der Waals surface area contributed by atoms with Gasteiger partial charge in [0.05, 0.1) is 0 Å². The van der Waals surface area contributed by atoms with Crippen molar-refractivity contribution in [3.8, 4) is 0 Å². The highest BCUT2D eigenvalue weighted by Crippen LogP contribution is 2.41. The zero-order chi connectivity index (χ0) is 9.64. The lowest BCUT2D eigenvalue weighted by Crippen LogP contribution is -2.43. The molecule has 3 atom stereocenters. The summed E-state index contributed by atoms with van der Waals surface area (Å²) in [7, 11) is 0. The molecule has 1 aliphatic carbocycles. The van der Waals surface area contributed by atoms with Gasteiger partial charge in [0.2, 0.25) is 0 Å². The number of ether oxygens (including phenoxy) is 2. The van der Waals surface area contributed by atoms with Crippen molar-refractivity contribution in [3.63, 3.8) is 0 Å². The second-order valence-electron chi connectivity index (χ2n) is 4.25. The van der Waals surface area contributed by atoms with Gasteiger partial charge in [0.15, 0.2) is 5.60 Å². The second kappa shape index (κ2) is 2.71. The number of fused-ring (bicyclic) bond motifs is 1. The molecule has 2 aliphatic rings. The minimum atomic E-state index is -0.227. The van der Waals surface area contributed by atoms with Crippen LogP contribution < -0.4 is 0 Å². The van der Waals surface area contributed by atoms with Gasteiger partial charge in [0.1, 0.15) is 6.10 Å². The van der Waals surface area contributed by atoms with Crippen LogP contribution >= 0.6 is 12.2 Å². The molecule has 0 saturated carbocycles. The van der Waals surface area contributed by atoms with E-state index in [1.807, 2.05) is 0 Å². The minimum Gasteiger partial charge on any atom is -0.449 e. The van der Waals surface area contributed by atoms with Gasteiger partial charge in [0, 0.05) is 24.6 Å². The minimum absolute atomic E-state index is 0.101. The smallest absolute Gasteiger partial charge is 0.353 e. The quantitative estimate of drug-likeness (QED) is 0.440.